The molecule has 4 nitrogen and oxygen atoms in total. The fourth-order valence-electron chi connectivity index (χ4n) is 3.61. The summed E-state index contributed by atoms with van der Waals surface area (Å²) in [6, 6.07) is 0. The monoisotopic (exact) mass is 288 g/mol. The maximum absolute atomic E-state index is 12.8. The highest BCUT2D eigenvalue weighted by Gasteiger charge is 2.29. The van der Waals surface area contributed by atoms with Crippen LogP contribution in [0.1, 0.15) is 71.1 Å². The number of likely N-dealkylation sites (tertiary alicyclic amines) is 1. The van der Waals surface area contributed by atoms with E-state index in [4.69, 9.17) is 0 Å². The maximum atomic E-state index is 12.8. The lowest BCUT2D eigenvalue weighted by Gasteiger charge is -2.20. The zero-order valence-corrected chi connectivity index (χ0v) is 13.0. The first kappa shape index (κ1) is 14.4. The number of amides is 1. The van der Waals surface area contributed by atoms with Crippen LogP contribution in [0.4, 0.5) is 0 Å². The van der Waals surface area contributed by atoms with Crippen molar-refractivity contribution in [1.82, 2.24) is 9.88 Å². The molecule has 2 heterocycles. The summed E-state index contributed by atoms with van der Waals surface area (Å²) in [5, 5.41) is 0. The number of carbonyl (C=O) groups is 2. The standard InChI is InChI=1S/C17H24N2O2/c1-11-5-4-9-19(10-8-11)17(21)16-12(2)15-13(18-16)6-3-7-14(15)20/h11,18H,3-10H2,1-2H3/t11-/m0/s1. The summed E-state index contributed by atoms with van der Waals surface area (Å²) >= 11 is 0. The molecule has 114 valence electrons. The predicted molar refractivity (Wildman–Crippen MR) is 81.7 cm³/mol. The number of fused-ring (bicyclic) bond motifs is 1. The van der Waals surface area contributed by atoms with Crippen LogP contribution in [0.5, 0.6) is 0 Å². The molecule has 0 radical (unpaired) electrons. The van der Waals surface area contributed by atoms with Crippen LogP contribution in [-0.2, 0) is 6.42 Å². The van der Waals surface area contributed by atoms with Gasteiger partial charge in [-0.25, -0.2) is 0 Å². The number of aryl methyl sites for hydroxylation is 1. The second-order valence-electron chi connectivity index (χ2n) is 6.58. The van der Waals surface area contributed by atoms with Crippen molar-refractivity contribution in [3.05, 3.63) is 22.5 Å². The van der Waals surface area contributed by atoms with Crippen molar-refractivity contribution in [2.24, 2.45) is 5.92 Å². The van der Waals surface area contributed by atoms with Crippen LogP contribution in [0, 0.1) is 12.8 Å². The lowest BCUT2D eigenvalue weighted by atomic mass is 9.94. The minimum absolute atomic E-state index is 0.0730. The molecule has 1 aliphatic heterocycles. The van der Waals surface area contributed by atoms with Crippen molar-refractivity contribution in [2.45, 2.75) is 52.4 Å². The molecule has 1 saturated heterocycles. The molecule has 2 aliphatic rings. The van der Waals surface area contributed by atoms with Gasteiger partial charge in [-0.15, -0.1) is 0 Å². The molecule has 1 N–H and O–H groups in total. The van der Waals surface area contributed by atoms with E-state index in [-0.39, 0.29) is 11.7 Å². The van der Waals surface area contributed by atoms with Gasteiger partial charge < -0.3 is 9.88 Å². The lowest BCUT2D eigenvalue weighted by molar-refractivity contribution is 0.0754. The predicted octanol–water partition coefficient (Wildman–Crippen LogP) is 3.10. The third-order valence-corrected chi connectivity index (χ3v) is 4.95. The Morgan fingerprint density at radius 1 is 1.19 bits per heavy atom. The van der Waals surface area contributed by atoms with Gasteiger partial charge in [0.25, 0.3) is 5.91 Å². The summed E-state index contributed by atoms with van der Waals surface area (Å²) in [5.74, 6) is 0.958. The van der Waals surface area contributed by atoms with E-state index in [1.54, 1.807) is 0 Å². The van der Waals surface area contributed by atoms with E-state index in [1.165, 1.54) is 6.42 Å². The average molecular weight is 288 g/mol. The van der Waals surface area contributed by atoms with E-state index >= 15 is 0 Å². The van der Waals surface area contributed by atoms with Gasteiger partial charge in [0, 0.05) is 30.8 Å². The van der Waals surface area contributed by atoms with Crippen LogP contribution in [0.3, 0.4) is 0 Å². The Morgan fingerprint density at radius 2 is 2.00 bits per heavy atom. The molecule has 0 bridgehead atoms. The molecular weight excluding hydrogens is 264 g/mol. The summed E-state index contributed by atoms with van der Waals surface area (Å²) in [7, 11) is 0. The van der Waals surface area contributed by atoms with Gasteiger partial charge in [-0.05, 0) is 50.5 Å². The normalized spacial score (nSPS) is 22.9. The van der Waals surface area contributed by atoms with E-state index in [0.717, 1.165) is 55.6 Å². The van der Waals surface area contributed by atoms with E-state index in [0.29, 0.717) is 18.0 Å². The Bertz CT molecular complexity index is 574. The van der Waals surface area contributed by atoms with Crippen molar-refractivity contribution >= 4 is 11.7 Å². The summed E-state index contributed by atoms with van der Waals surface area (Å²) < 4.78 is 0. The van der Waals surface area contributed by atoms with Gasteiger partial charge in [0.05, 0.1) is 0 Å². The van der Waals surface area contributed by atoms with Crippen molar-refractivity contribution < 1.29 is 9.59 Å². The highest BCUT2D eigenvalue weighted by atomic mass is 16.2. The van der Waals surface area contributed by atoms with Gasteiger partial charge in [0.1, 0.15) is 5.69 Å². The fourth-order valence-corrected chi connectivity index (χ4v) is 3.61. The SMILES string of the molecule is Cc1c(C(=O)N2CCC[C@H](C)CC2)[nH]c2c1C(=O)CCC2. The van der Waals surface area contributed by atoms with Crippen LogP contribution in [0.25, 0.3) is 0 Å². The molecule has 1 fully saturated rings. The summed E-state index contributed by atoms with van der Waals surface area (Å²) in [4.78, 5) is 30.1. The van der Waals surface area contributed by atoms with Gasteiger partial charge in [0.2, 0.25) is 0 Å². The van der Waals surface area contributed by atoms with E-state index in [2.05, 4.69) is 11.9 Å². The Labute approximate surface area is 125 Å². The molecule has 1 aromatic heterocycles. The van der Waals surface area contributed by atoms with Crippen LogP contribution in [0.2, 0.25) is 0 Å². The number of carbonyl (C=O) groups excluding carboxylic acids is 2. The van der Waals surface area contributed by atoms with Crippen LogP contribution in [0.15, 0.2) is 0 Å². The number of Topliss-reactive ketones (excluding diaryl/α,β-unsaturated/α-hetero) is 1. The number of aromatic nitrogens is 1. The summed E-state index contributed by atoms with van der Waals surface area (Å²) in [6.45, 7) is 5.83. The molecule has 1 atom stereocenters. The Morgan fingerprint density at radius 3 is 2.76 bits per heavy atom. The maximum Gasteiger partial charge on any atom is 0.270 e. The van der Waals surface area contributed by atoms with Gasteiger partial charge in [-0.2, -0.15) is 0 Å². The summed E-state index contributed by atoms with van der Waals surface area (Å²) in [5.41, 5.74) is 3.25. The molecule has 0 aromatic carbocycles. The zero-order valence-electron chi connectivity index (χ0n) is 13.0. The number of hydrogen-bond donors (Lipinski definition) is 1. The molecule has 4 heteroatoms. The van der Waals surface area contributed by atoms with Gasteiger partial charge in [0.15, 0.2) is 5.78 Å². The highest BCUT2D eigenvalue weighted by molar-refractivity contribution is 6.04. The zero-order chi connectivity index (χ0) is 15.0. The first-order chi connectivity index (χ1) is 10.1. The second-order valence-corrected chi connectivity index (χ2v) is 6.58. The Kier molecular flexibility index (Phi) is 3.87. The molecular formula is C17H24N2O2. The largest absolute Gasteiger partial charge is 0.354 e. The van der Waals surface area contributed by atoms with Gasteiger partial charge in [-0.3, -0.25) is 9.59 Å². The molecule has 1 aliphatic carbocycles. The quantitative estimate of drug-likeness (QED) is 0.863. The molecule has 0 saturated carbocycles. The smallest absolute Gasteiger partial charge is 0.270 e. The Hall–Kier alpha value is -1.58. The summed E-state index contributed by atoms with van der Waals surface area (Å²) in [6.07, 6.45) is 5.73. The molecule has 21 heavy (non-hydrogen) atoms. The number of aromatic amines is 1. The lowest BCUT2D eigenvalue weighted by Crippen LogP contribution is -2.32. The van der Waals surface area contributed by atoms with Crippen LogP contribution >= 0.6 is 0 Å². The van der Waals surface area contributed by atoms with Crippen molar-refractivity contribution in [1.29, 1.82) is 0 Å². The molecule has 3 rings (SSSR count). The van der Waals surface area contributed by atoms with Gasteiger partial charge in [-0.1, -0.05) is 6.92 Å². The number of H-pyrrole nitrogens is 1. The highest BCUT2D eigenvalue weighted by Crippen LogP contribution is 2.28. The second kappa shape index (κ2) is 5.66. The number of ketones is 1. The molecule has 1 aromatic rings. The van der Waals surface area contributed by atoms with E-state index < -0.39 is 0 Å². The average Bonchev–Trinajstić information content (AvgIpc) is 2.65. The van der Waals surface area contributed by atoms with Crippen LogP contribution < -0.4 is 0 Å². The number of nitrogens with zero attached hydrogens (tertiary/aromatic N) is 1. The number of hydrogen-bond acceptors (Lipinski definition) is 2. The van der Waals surface area contributed by atoms with Gasteiger partial charge >= 0.3 is 0 Å². The van der Waals surface area contributed by atoms with Crippen molar-refractivity contribution in [2.75, 3.05) is 13.1 Å². The molecule has 0 unspecified atom stereocenters. The van der Waals surface area contributed by atoms with Crippen LogP contribution in [-0.4, -0.2) is 34.7 Å². The minimum Gasteiger partial charge on any atom is -0.354 e. The Balaban J connectivity index is 1.86. The molecule has 1 amide bonds. The fraction of sp³-hybridized carbons (Fsp3) is 0.647. The minimum atomic E-state index is 0.0730. The molecule has 0 spiro atoms. The third kappa shape index (κ3) is 2.63. The number of rotatable bonds is 1. The topological polar surface area (TPSA) is 53.2 Å². The third-order valence-electron chi connectivity index (χ3n) is 4.95. The van der Waals surface area contributed by atoms with E-state index in [9.17, 15) is 9.59 Å². The van der Waals surface area contributed by atoms with Crippen molar-refractivity contribution in [3.63, 3.8) is 0 Å². The first-order valence-corrected chi connectivity index (χ1v) is 8.12. The van der Waals surface area contributed by atoms with E-state index in [1.807, 2.05) is 11.8 Å². The van der Waals surface area contributed by atoms with Crippen molar-refractivity contribution in [3.8, 4) is 0 Å². The first-order valence-electron chi connectivity index (χ1n) is 8.12. The number of nitrogens with one attached hydrogen (secondary N) is 1.